The number of nitrogens with one attached hydrogen (secondary N) is 2. The quantitative estimate of drug-likeness (QED) is 0.747. The van der Waals surface area contributed by atoms with Gasteiger partial charge in [0.25, 0.3) is 0 Å². The van der Waals surface area contributed by atoms with E-state index in [2.05, 4.69) is 10.6 Å². The summed E-state index contributed by atoms with van der Waals surface area (Å²) in [6.45, 7) is 7.41. The summed E-state index contributed by atoms with van der Waals surface area (Å²) in [5, 5.41) is 14.9. The van der Waals surface area contributed by atoms with Crippen molar-refractivity contribution in [3.05, 3.63) is 29.3 Å². The lowest BCUT2D eigenvalue weighted by Gasteiger charge is -2.14. The van der Waals surface area contributed by atoms with E-state index in [1.807, 2.05) is 45.9 Å². The lowest BCUT2D eigenvalue weighted by atomic mass is 10.0. The number of carbonyl (C=O) groups excluding carboxylic acids is 2. The molecule has 3 N–H and O–H groups in total. The number of rotatable bonds is 6. The Bertz CT molecular complexity index is 492. The Hall–Kier alpha value is -1.88. The molecule has 1 aromatic carbocycles. The van der Waals surface area contributed by atoms with Gasteiger partial charge in [0.2, 0.25) is 11.8 Å². The van der Waals surface area contributed by atoms with Gasteiger partial charge in [-0.05, 0) is 30.9 Å². The average Bonchev–Trinajstić information content (AvgIpc) is 2.40. The molecule has 0 aromatic heterocycles. The van der Waals surface area contributed by atoms with Crippen molar-refractivity contribution in [2.75, 3.05) is 11.9 Å². The molecular formula is C16H24N2O3. The van der Waals surface area contributed by atoms with Crippen LogP contribution in [-0.4, -0.2) is 29.6 Å². The van der Waals surface area contributed by atoms with Crippen molar-refractivity contribution < 1.29 is 14.7 Å². The highest BCUT2D eigenvalue weighted by Gasteiger charge is 2.15. The number of anilines is 1. The summed E-state index contributed by atoms with van der Waals surface area (Å²) in [7, 11) is 0. The van der Waals surface area contributed by atoms with Gasteiger partial charge in [-0.1, -0.05) is 32.0 Å². The van der Waals surface area contributed by atoms with E-state index in [4.69, 9.17) is 0 Å². The zero-order chi connectivity index (χ0) is 16.0. The highest BCUT2D eigenvalue weighted by atomic mass is 16.3. The Labute approximate surface area is 125 Å². The Morgan fingerprint density at radius 1 is 1.14 bits per heavy atom. The van der Waals surface area contributed by atoms with Crippen molar-refractivity contribution in [2.24, 2.45) is 5.92 Å². The Balaban J connectivity index is 2.46. The zero-order valence-corrected chi connectivity index (χ0v) is 13.1. The van der Waals surface area contributed by atoms with Crippen LogP contribution in [0.4, 0.5) is 5.69 Å². The van der Waals surface area contributed by atoms with Crippen molar-refractivity contribution in [3.63, 3.8) is 0 Å². The van der Waals surface area contributed by atoms with Gasteiger partial charge in [-0.15, -0.1) is 0 Å². The van der Waals surface area contributed by atoms with Crippen LogP contribution < -0.4 is 10.6 Å². The summed E-state index contributed by atoms with van der Waals surface area (Å²) >= 11 is 0. The Morgan fingerprint density at radius 2 is 1.71 bits per heavy atom. The highest BCUT2D eigenvalue weighted by Crippen LogP contribution is 2.18. The van der Waals surface area contributed by atoms with Crippen LogP contribution in [0.25, 0.3) is 0 Å². The van der Waals surface area contributed by atoms with Gasteiger partial charge >= 0.3 is 0 Å². The molecule has 1 aromatic rings. The first kappa shape index (κ1) is 17.2. The largest absolute Gasteiger partial charge is 0.392 e. The monoisotopic (exact) mass is 292 g/mol. The minimum Gasteiger partial charge on any atom is -0.392 e. The summed E-state index contributed by atoms with van der Waals surface area (Å²) in [5.74, 6) is -0.591. The third kappa shape index (κ3) is 5.55. The third-order valence-electron chi connectivity index (χ3n) is 3.36. The molecule has 0 saturated heterocycles. The maximum Gasteiger partial charge on any atom is 0.243 e. The van der Waals surface area contributed by atoms with Crippen molar-refractivity contribution in [1.82, 2.24) is 5.32 Å². The van der Waals surface area contributed by atoms with Gasteiger partial charge in [-0.25, -0.2) is 0 Å². The highest BCUT2D eigenvalue weighted by molar-refractivity contribution is 5.95. The second-order valence-corrected chi connectivity index (χ2v) is 5.61. The molecular weight excluding hydrogens is 268 g/mol. The maximum atomic E-state index is 11.9. The number of carbonyl (C=O) groups is 2. The lowest BCUT2D eigenvalue weighted by Crippen LogP contribution is -2.35. The van der Waals surface area contributed by atoms with Crippen LogP contribution >= 0.6 is 0 Å². The van der Waals surface area contributed by atoms with Crippen LogP contribution in [0.5, 0.6) is 0 Å². The summed E-state index contributed by atoms with van der Waals surface area (Å²) in [5.41, 5.74) is 2.73. The van der Waals surface area contributed by atoms with Crippen molar-refractivity contribution in [1.29, 1.82) is 0 Å². The van der Waals surface area contributed by atoms with Gasteiger partial charge in [-0.2, -0.15) is 0 Å². The molecule has 5 nitrogen and oxygen atoms in total. The van der Waals surface area contributed by atoms with Crippen LogP contribution in [0.2, 0.25) is 0 Å². The molecule has 0 heterocycles. The molecule has 116 valence electrons. The first-order chi connectivity index (χ1) is 9.81. The number of para-hydroxylation sites is 1. The van der Waals surface area contributed by atoms with Crippen LogP contribution in [-0.2, 0) is 9.59 Å². The molecule has 1 rings (SSSR count). The first-order valence-corrected chi connectivity index (χ1v) is 7.12. The fourth-order valence-corrected chi connectivity index (χ4v) is 1.87. The zero-order valence-electron chi connectivity index (χ0n) is 13.1. The molecule has 21 heavy (non-hydrogen) atoms. The average molecular weight is 292 g/mol. The minimum atomic E-state index is -0.688. The lowest BCUT2D eigenvalue weighted by molar-refractivity contribution is -0.126. The number of benzene rings is 1. The molecule has 0 aliphatic carbocycles. The molecule has 0 radical (unpaired) electrons. The minimum absolute atomic E-state index is 0.00827. The Morgan fingerprint density at radius 3 is 2.24 bits per heavy atom. The molecule has 2 amide bonds. The van der Waals surface area contributed by atoms with E-state index in [9.17, 15) is 14.7 Å². The van der Waals surface area contributed by atoms with Crippen LogP contribution in [0.15, 0.2) is 18.2 Å². The molecule has 0 spiro atoms. The topological polar surface area (TPSA) is 78.4 Å². The van der Waals surface area contributed by atoms with E-state index in [0.717, 1.165) is 16.8 Å². The van der Waals surface area contributed by atoms with E-state index < -0.39 is 6.10 Å². The molecule has 0 bridgehead atoms. The molecule has 5 heteroatoms. The van der Waals surface area contributed by atoms with Gasteiger partial charge < -0.3 is 15.7 Å². The standard InChI is InChI=1S/C16H24N2O3/c1-10(2)13(19)8-14(20)17-9-15(21)18-16-11(3)6-5-7-12(16)4/h5-7,10,13,19H,8-9H2,1-4H3,(H,17,20)(H,18,21). The third-order valence-corrected chi connectivity index (χ3v) is 3.36. The predicted molar refractivity (Wildman–Crippen MR) is 83.0 cm³/mol. The Kier molecular flexibility index (Phi) is 6.37. The summed E-state index contributed by atoms with van der Waals surface area (Å²) in [4.78, 5) is 23.5. The van der Waals surface area contributed by atoms with Crippen molar-refractivity contribution in [3.8, 4) is 0 Å². The molecule has 0 fully saturated rings. The van der Waals surface area contributed by atoms with Gasteiger partial charge in [0.1, 0.15) is 0 Å². The molecule has 0 aliphatic rings. The summed E-state index contributed by atoms with van der Waals surface area (Å²) in [6, 6.07) is 5.76. The number of aryl methyl sites for hydroxylation is 2. The molecule has 0 aliphatic heterocycles. The van der Waals surface area contributed by atoms with Gasteiger partial charge in [0.05, 0.1) is 19.1 Å². The molecule has 1 unspecified atom stereocenters. The number of amides is 2. The van der Waals surface area contributed by atoms with E-state index >= 15 is 0 Å². The number of hydrogen-bond donors (Lipinski definition) is 3. The SMILES string of the molecule is Cc1cccc(C)c1NC(=O)CNC(=O)CC(O)C(C)C. The van der Waals surface area contributed by atoms with Crippen LogP contribution in [0, 0.1) is 19.8 Å². The number of aliphatic hydroxyl groups excluding tert-OH is 1. The van der Waals surface area contributed by atoms with Gasteiger partial charge in [0.15, 0.2) is 0 Å². The van der Waals surface area contributed by atoms with Gasteiger partial charge in [0, 0.05) is 5.69 Å². The van der Waals surface area contributed by atoms with E-state index in [1.165, 1.54) is 0 Å². The van der Waals surface area contributed by atoms with E-state index in [-0.39, 0.29) is 30.7 Å². The fraction of sp³-hybridized carbons (Fsp3) is 0.500. The van der Waals surface area contributed by atoms with Crippen LogP contribution in [0.3, 0.4) is 0 Å². The normalized spacial score (nSPS) is 12.1. The van der Waals surface area contributed by atoms with Crippen LogP contribution in [0.1, 0.15) is 31.4 Å². The fourth-order valence-electron chi connectivity index (χ4n) is 1.87. The second kappa shape index (κ2) is 7.78. The first-order valence-electron chi connectivity index (χ1n) is 7.12. The summed E-state index contributed by atoms with van der Waals surface area (Å²) < 4.78 is 0. The maximum absolute atomic E-state index is 11.9. The van der Waals surface area contributed by atoms with E-state index in [0.29, 0.717) is 0 Å². The van der Waals surface area contributed by atoms with Gasteiger partial charge in [-0.3, -0.25) is 9.59 Å². The predicted octanol–water partition coefficient (Wildman–Crippen LogP) is 1.77. The summed E-state index contributed by atoms with van der Waals surface area (Å²) in [6.07, 6.45) is -0.680. The molecule has 0 saturated carbocycles. The number of hydrogen-bond acceptors (Lipinski definition) is 3. The van der Waals surface area contributed by atoms with E-state index in [1.54, 1.807) is 0 Å². The second-order valence-electron chi connectivity index (χ2n) is 5.61. The van der Waals surface area contributed by atoms with Crippen molar-refractivity contribution >= 4 is 17.5 Å². The number of aliphatic hydroxyl groups is 1. The van der Waals surface area contributed by atoms with Crippen molar-refractivity contribution in [2.45, 2.75) is 40.2 Å². The smallest absolute Gasteiger partial charge is 0.243 e. The molecule has 1 atom stereocenters.